The van der Waals surface area contributed by atoms with Gasteiger partial charge in [0.25, 0.3) is 0 Å². The molecule has 0 saturated heterocycles. The average molecular weight is 279 g/mol. The quantitative estimate of drug-likeness (QED) is 0.919. The van der Waals surface area contributed by atoms with Crippen molar-refractivity contribution in [3.05, 3.63) is 11.6 Å². The molecule has 4 nitrogen and oxygen atoms in total. The van der Waals surface area contributed by atoms with Crippen LogP contribution < -0.4 is 0 Å². The highest BCUT2D eigenvalue weighted by molar-refractivity contribution is 5.15. The molecular formula is C16H29N3O. The first-order valence-electron chi connectivity index (χ1n) is 7.86. The van der Waals surface area contributed by atoms with Crippen LogP contribution in [0.4, 0.5) is 0 Å². The summed E-state index contributed by atoms with van der Waals surface area (Å²) in [4.78, 5) is 0. The zero-order valence-electron chi connectivity index (χ0n) is 13.6. The average Bonchev–Trinajstić information content (AvgIpc) is 2.92. The molecule has 20 heavy (non-hydrogen) atoms. The number of rotatable bonds is 4. The summed E-state index contributed by atoms with van der Waals surface area (Å²) in [5, 5.41) is 18.4. The van der Waals surface area contributed by atoms with Crippen LogP contribution in [0.5, 0.6) is 0 Å². The zero-order chi connectivity index (χ0) is 15.0. The minimum Gasteiger partial charge on any atom is -0.388 e. The Hall–Kier alpha value is -0.900. The smallest absolute Gasteiger partial charge is 0.159 e. The van der Waals surface area contributed by atoms with E-state index >= 15 is 0 Å². The lowest BCUT2D eigenvalue weighted by Gasteiger charge is -2.34. The van der Waals surface area contributed by atoms with Crippen molar-refractivity contribution >= 4 is 0 Å². The van der Waals surface area contributed by atoms with Gasteiger partial charge in [-0.25, -0.2) is 0 Å². The summed E-state index contributed by atoms with van der Waals surface area (Å²) in [5.41, 5.74) is 0.0608. The van der Waals surface area contributed by atoms with Crippen LogP contribution in [0.1, 0.15) is 78.4 Å². The molecule has 1 aliphatic rings. The molecule has 1 N–H and O–H groups in total. The van der Waals surface area contributed by atoms with Crippen LogP contribution >= 0.6 is 0 Å². The second-order valence-corrected chi connectivity index (χ2v) is 7.69. The molecule has 1 fully saturated rings. The Morgan fingerprint density at radius 2 is 1.80 bits per heavy atom. The molecule has 114 valence electrons. The maximum Gasteiger partial charge on any atom is 0.159 e. The molecular weight excluding hydrogens is 250 g/mol. The Balaban J connectivity index is 2.52. The number of aliphatic hydroxyl groups is 1. The third kappa shape index (κ3) is 2.76. The molecule has 2 rings (SSSR count). The van der Waals surface area contributed by atoms with Crippen LogP contribution in [0.3, 0.4) is 0 Å². The molecule has 4 heteroatoms. The van der Waals surface area contributed by atoms with Gasteiger partial charge in [-0.1, -0.05) is 26.7 Å². The zero-order valence-corrected chi connectivity index (χ0v) is 13.6. The van der Waals surface area contributed by atoms with Gasteiger partial charge in [0.2, 0.25) is 0 Å². The van der Waals surface area contributed by atoms with E-state index in [2.05, 4.69) is 49.4 Å². The van der Waals surface area contributed by atoms with Crippen molar-refractivity contribution in [2.75, 3.05) is 0 Å². The fourth-order valence-corrected chi connectivity index (χ4v) is 3.82. The van der Waals surface area contributed by atoms with E-state index in [-0.39, 0.29) is 17.6 Å². The molecule has 0 unspecified atom stereocenters. The van der Waals surface area contributed by atoms with Crippen molar-refractivity contribution in [3.63, 3.8) is 0 Å². The Morgan fingerprint density at radius 3 is 2.25 bits per heavy atom. The van der Waals surface area contributed by atoms with Gasteiger partial charge < -0.3 is 9.67 Å². The Labute approximate surface area is 122 Å². The highest BCUT2D eigenvalue weighted by Crippen LogP contribution is 2.46. The standard InChI is InChI=1S/C16H29N3O/c1-12(2)10-16(8-6-7-9-16)14-18-17-13(11-20)19(14)15(3,4)5/h12,20H,6-11H2,1-5H3. The van der Waals surface area contributed by atoms with E-state index in [9.17, 15) is 5.11 Å². The summed E-state index contributed by atoms with van der Waals surface area (Å²) in [6.07, 6.45) is 6.11. The monoisotopic (exact) mass is 279 g/mol. The molecule has 1 saturated carbocycles. The summed E-state index contributed by atoms with van der Waals surface area (Å²) in [6.45, 7) is 11.0. The molecule has 1 heterocycles. The fourth-order valence-electron chi connectivity index (χ4n) is 3.82. The van der Waals surface area contributed by atoms with Crippen LogP contribution in [0, 0.1) is 5.92 Å². The molecule has 1 aromatic rings. The lowest BCUT2D eigenvalue weighted by Crippen LogP contribution is -2.35. The van der Waals surface area contributed by atoms with Gasteiger partial charge in [0.1, 0.15) is 12.4 Å². The van der Waals surface area contributed by atoms with Crippen molar-refractivity contribution in [2.45, 2.75) is 84.3 Å². The second-order valence-electron chi connectivity index (χ2n) is 7.69. The summed E-state index contributed by atoms with van der Waals surface area (Å²) in [5.74, 6) is 2.44. The van der Waals surface area contributed by atoms with Gasteiger partial charge in [-0.05, 0) is 46.0 Å². The number of hydrogen-bond donors (Lipinski definition) is 1. The first kappa shape index (κ1) is 15.5. The Bertz CT molecular complexity index is 451. The van der Waals surface area contributed by atoms with Crippen molar-refractivity contribution in [1.82, 2.24) is 14.8 Å². The third-order valence-corrected chi connectivity index (χ3v) is 4.38. The van der Waals surface area contributed by atoms with E-state index in [0.717, 1.165) is 12.2 Å². The first-order valence-corrected chi connectivity index (χ1v) is 7.86. The predicted molar refractivity (Wildman–Crippen MR) is 80.5 cm³/mol. The van der Waals surface area contributed by atoms with Crippen LogP contribution in [-0.4, -0.2) is 19.9 Å². The van der Waals surface area contributed by atoms with Crippen molar-refractivity contribution in [2.24, 2.45) is 5.92 Å². The Kier molecular flexibility index (Phi) is 4.24. The van der Waals surface area contributed by atoms with Gasteiger partial charge in [0, 0.05) is 11.0 Å². The highest BCUT2D eigenvalue weighted by atomic mass is 16.3. The van der Waals surface area contributed by atoms with Gasteiger partial charge in [0.05, 0.1) is 0 Å². The number of aromatic nitrogens is 3. The lowest BCUT2D eigenvalue weighted by atomic mass is 9.77. The van der Waals surface area contributed by atoms with E-state index in [4.69, 9.17) is 0 Å². The van der Waals surface area contributed by atoms with Crippen LogP contribution in [-0.2, 0) is 17.6 Å². The van der Waals surface area contributed by atoms with Crippen molar-refractivity contribution in [1.29, 1.82) is 0 Å². The van der Waals surface area contributed by atoms with Gasteiger partial charge in [0.15, 0.2) is 5.82 Å². The van der Waals surface area contributed by atoms with Crippen LogP contribution in [0.25, 0.3) is 0 Å². The number of aliphatic hydroxyl groups excluding tert-OH is 1. The second kappa shape index (κ2) is 5.47. The van der Waals surface area contributed by atoms with E-state index in [1.807, 2.05) is 0 Å². The first-order chi connectivity index (χ1) is 9.30. The van der Waals surface area contributed by atoms with E-state index in [1.54, 1.807) is 0 Å². The van der Waals surface area contributed by atoms with Gasteiger partial charge in [-0.2, -0.15) is 0 Å². The van der Waals surface area contributed by atoms with Crippen molar-refractivity contribution in [3.8, 4) is 0 Å². The fraction of sp³-hybridized carbons (Fsp3) is 0.875. The largest absolute Gasteiger partial charge is 0.388 e. The van der Waals surface area contributed by atoms with Crippen LogP contribution in [0.15, 0.2) is 0 Å². The highest BCUT2D eigenvalue weighted by Gasteiger charge is 2.42. The number of hydrogen-bond acceptors (Lipinski definition) is 3. The minimum atomic E-state index is -0.0938. The maximum absolute atomic E-state index is 9.58. The normalized spacial score (nSPS) is 18.9. The van der Waals surface area contributed by atoms with Gasteiger partial charge >= 0.3 is 0 Å². The molecule has 0 amide bonds. The molecule has 0 aromatic carbocycles. The Morgan fingerprint density at radius 1 is 1.20 bits per heavy atom. The van der Waals surface area contributed by atoms with E-state index in [0.29, 0.717) is 11.7 Å². The number of nitrogens with zero attached hydrogens (tertiary/aromatic N) is 3. The van der Waals surface area contributed by atoms with Crippen molar-refractivity contribution < 1.29 is 5.11 Å². The summed E-state index contributed by atoms with van der Waals surface area (Å²) >= 11 is 0. The van der Waals surface area contributed by atoms with Gasteiger partial charge in [-0.15, -0.1) is 10.2 Å². The molecule has 0 atom stereocenters. The molecule has 0 aliphatic heterocycles. The van der Waals surface area contributed by atoms with Gasteiger partial charge in [-0.3, -0.25) is 0 Å². The lowest BCUT2D eigenvalue weighted by molar-refractivity contribution is 0.236. The third-order valence-electron chi connectivity index (χ3n) is 4.38. The summed E-state index contributed by atoms with van der Waals surface area (Å²) in [7, 11) is 0. The van der Waals surface area contributed by atoms with E-state index in [1.165, 1.54) is 25.7 Å². The SMILES string of the molecule is CC(C)CC1(c2nnc(CO)n2C(C)(C)C)CCCC1. The summed E-state index contributed by atoms with van der Waals surface area (Å²) in [6, 6.07) is 0. The molecule has 1 aromatic heterocycles. The minimum absolute atomic E-state index is 0.0397. The summed E-state index contributed by atoms with van der Waals surface area (Å²) < 4.78 is 2.18. The molecule has 1 aliphatic carbocycles. The maximum atomic E-state index is 9.58. The topological polar surface area (TPSA) is 50.9 Å². The predicted octanol–water partition coefficient (Wildman–Crippen LogP) is 3.38. The van der Waals surface area contributed by atoms with E-state index < -0.39 is 0 Å². The molecule has 0 spiro atoms. The molecule has 0 bridgehead atoms. The molecule has 0 radical (unpaired) electrons. The van der Waals surface area contributed by atoms with Crippen LogP contribution in [0.2, 0.25) is 0 Å².